The van der Waals surface area contributed by atoms with Crippen LogP contribution < -0.4 is 5.32 Å². The smallest absolute Gasteiger partial charge is 0.411 e. The van der Waals surface area contributed by atoms with E-state index >= 15 is 0 Å². The summed E-state index contributed by atoms with van der Waals surface area (Å²) in [5, 5.41) is 11.8. The van der Waals surface area contributed by atoms with Gasteiger partial charge in [0.05, 0.1) is 0 Å². The van der Waals surface area contributed by atoms with Crippen molar-refractivity contribution in [3.8, 4) is 0 Å². The molecule has 25 heavy (non-hydrogen) atoms. The molecular weight excluding hydrogens is 340 g/mol. The number of amides is 1. The Bertz CT molecular complexity index is 640. The van der Waals surface area contributed by atoms with E-state index in [-0.39, 0.29) is 23.2 Å². The molecule has 2 aliphatic rings. The van der Waals surface area contributed by atoms with Crippen molar-refractivity contribution in [3.05, 3.63) is 17.3 Å². The average molecular weight is 367 g/mol. The van der Waals surface area contributed by atoms with Gasteiger partial charge >= 0.3 is 6.09 Å². The lowest BCUT2D eigenvalue weighted by Gasteiger charge is -2.51. The number of piperidine rings is 1. The average Bonchev–Trinajstić information content (AvgIpc) is 2.63. The number of hydrogen-bond donors (Lipinski definition) is 1. The Labute approximate surface area is 154 Å². The van der Waals surface area contributed by atoms with E-state index < -0.39 is 5.60 Å². The van der Waals surface area contributed by atoms with Crippen LogP contribution in [0.1, 0.15) is 60.3 Å². The normalized spacial score (nSPS) is 31.8. The molecule has 1 aromatic heterocycles. The molecule has 2 fully saturated rings. The van der Waals surface area contributed by atoms with Gasteiger partial charge in [-0.3, -0.25) is 4.90 Å². The lowest BCUT2D eigenvalue weighted by Crippen LogP contribution is -2.62. The fourth-order valence-electron chi connectivity index (χ4n) is 4.39. The zero-order valence-electron chi connectivity index (χ0n) is 15.6. The second kappa shape index (κ2) is 6.01. The van der Waals surface area contributed by atoms with Crippen LogP contribution in [0, 0.1) is 0 Å². The highest BCUT2D eigenvalue weighted by molar-refractivity contribution is 6.29. The number of carbonyl (C=O) groups is 1. The number of hydrogen-bond acceptors (Lipinski definition) is 5. The summed E-state index contributed by atoms with van der Waals surface area (Å²) < 4.78 is 5.68. The summed E-state index contributed by atoms with van der Waals surface area (Å²) in [6.45, 7) is 10.0. The van der Waals surface area contributed by atoms with Gasteiger partial charge in [-0.1, -0.05) is 11.6 Å². The molecule has 0 aromatic carbocycles. The second-order valence-electron chi connectivity index (χ2n) is 8.80. The van der Waals surface area contributed by atoms with Crippen molar-refractivity contribution >= 4 is 23.5 Å². The fraction of sp³-hybridized carbons (Fsp3) is 0.722. The van der Waals surface area contributed by atoms with Crippen molar-refractivity contribution in [2.75, 3.05) is 5.32 Å². The third kappa shape index (κ3) is 3.68. The largest absolute Gasteiger partial charge is 0.444 e. The predicted octanol–water partition coefficient (Wildman–Crippen LogP) is 4.25. The summed E-state index contributed by atoms with van der Waals surface area (Å²) in [4.78, 5) is 14.8. The third-order valence-electron chi connectivity index (χ3n) is 5.21. The van der Waals surface area contributed by atoms with Gasteiger partial charge in [-0.15, -0.1) is 10.2 Å². The van der Waals surface area contributed by atoms with Gasteiger partial charge in [0, 0.05) is 17.1 Å². The molecule has 7 heteroatoms. The molecule has 138 valence electrons. The number of halogens is 1. The Balaban J connectivity index is 1.77. The van der Waals surface area contributed by atoms with Crippen molar-refractivity contribution in [2.45, 2.75) is 83.0 Å². The first kappa shape index (κ1) is 18.2. The van der Waals surface area contributed by atoms with Crippen LogP contribution in [-0.4, -0.2) is 43.9 Å². The lowest BCUT2D eigenvalue weighted by molar-refractivity contribution is -0.0339. The van der Waals surface area contributed by atoms with Crippen molar-refractivity contribution < 1.29 is 9.53 Å². The summed E-state index contributed by atoms with van der Waals surface area (Å²) >= 11 is 5.80. The third-order valence-corrected chi connectivity index (χ3v) is 5.42. The van der Waals surface area contributed by atoms with E-state index in [1.54, 1.807) is 6.07 Å². The molecule has 3 rings (SSSR count). The van der Waals surface area contributed by atoms with Gasteiger partial charge in [-0.2, -0.15) is 0 Å². The van der Waals surface area contributed by atoms with Crippen LogP contribution in [0.15, 0.2) is 12.1 Å². The van der Waals surface area contributed by atoms with E-state index in [0.29, 0.717) is 11.0 Å². The Morgan fingerprint density at radius 2 is 1.84 bits per heavy atom. The van der Waals surface area contributed by atoms with Gasteiger partial charge in [-0.05, 0) is 72.4 Å². The van der Waals surface area contributed by atoms with Crippen LogP contribution in [0.3, 0.4) is 0 Å². The second-order valence-corrected chi connectivity index (χ2v) is 9.19. The van der Waals surface area contributed by atoms with Crippen molar-refractivity contribution in [1.29, 1.82) is 0 Å². The van der Waals surface area contributed by atoms with Crippen LogP contribution in [0.4, 0.5) is 10.6 Å². The number of carbonyl (C=O) groups excluding carboxylic acids is 1. The van der Waals surface area contributed by atoms with E-state index in [1.165, 1.54) is 0 Å². The Morgan fingerprint density at radius 1 is 1.24 bits per heavy atom. The predicted molar refractivity (Wildman–Crippen MR) is 97.8 cm³/mol. The van der Waals surface area contributed by atoms with Crippen LogP contribution in [0.25, 0.3) is 0 Å². The Morgan fingerprint density at radius 3 is 2.32 bits per heavy atom. The van der Waals surface area contributed by atoms with Crippen LogP contribution in [0.2, 0.25) is 5.15 Å². The molecular formula is C18H27ClN4O2. The SMILES string of the molecule is CC(C)(C)OC(=O)N1[C@@]2(C)CC[C@]1(C)CC(Nc1ccc(Cl)nn1)C2. The number of nitrogens with zero attached hydrogens (tertiary/aromatic N) is 3. The van der Waals surface area contributed by atoms with Crippen LogP contribution in [-0.2, 0) is 4.74 Å². The zero-order valence-corrected chi connectivity index (χ0v) is 16.4. The van der Waals surface area contributed by atoms with Crippen molar-refractivity contribution in [1.82, 2.24) is 15.1 Å². The molecule has 1 aromatic rings. The van der Waals surface area contributed by atoms with Crippen LogP contribution in [0.5, 0.6) is 0 Å². The van der Waals surface area contributed by atoms with Gasteiger partial charge < -0.3 is 10.1 Å². The molecule has 0 spiro atoms. The number of rotatable bonds is 2. The van der Waals surface area contributed by atoms with Gasteiger partial charge in [0.1, 0.15) is 11.4 Å². The zero-order chi connectivity index (χ0) is 18.5. The molecule has 0 aliphatic carbocycles. The highest BCUT2D eigenvalue weighted by Crippen LogP contribution is 2.51. The minimum atomic E-state index is -0.489. The molecule has 1 unspecified atom stereocenters. The molecule has 0 radical (unpaired) electrons. The molecule has 3 atom stereocenters. The maximum atomic E-state index is 12.8. The van der Waals surface area contributed by atoms with E-state index in [2.05, 4.69) is 29.4 Å². The molecule has 1 N–H and O–H groups in total. The number of nitrogens with one attached hydrogen (secondary N) is 1. The Hall–Kier alpha value is -1.56. The minimum absolute atomic E-state index is 0.209. The van der Waals surface area contributed by atoms with E-state index in [4.69, 9.17) is 16.3 Å². The highest BCUT2D eigenvalue weighted by atomic mass is 35.5. The maximum absolute atomic E-state index is 12.8. The summed E-state index contributed by atoms with van der Waals surface area (Å²) in [7, 11) is 0. The van der Waals surface area contributed by atoms with Gasteiger partial charge in [0.25, 0.3) is 0 Å². The van der Waals surface area contributed by atoms with Gasteiger partial charge in [-0.25, -0.2) is 4.79 Å². The lowest BCUT2D eigenvalue weighted by atomic mass is 9.82. The van der Waals surface area contributed by atoms with Crippen molar-refractivity contribution in [2.24, 2.45) is 0 Å². The number of aromatic nitrogens is 2. The first-order valence-electron chi connectivity index (χ1n) is 8.80. The minimum Gasteiger partial charge on any atom is -0.444 e. The summed E-state index contributed by atoms with van der Waals surface area (Å²) in [6, 6.07) is 3.79. The number of ether oxygens (including phenoxy) is 1. The van der Waals surface area contributed by atoms with E-state index in [9.17, 15) is 4.79 Å². The first-order valence-corrected chi connectivity index (χ1v) is 9.18. The van der Waals surface area contributed by atoms with Gasteiger partial charge in [0.15, 0.2) is 5.15 Å². The maximum Gasteiger partial charge on any atom is 0.411 e. The summed E-state index contributed by atoms with van der Waals surface area (Å²) in [6.07, 6.45) is 3.46. The highest BCUT2D eigenvalue weighted by Gasteiger charge is 2.58. The first-order chi connectivity index (χ1) is 11.5. The molecule has 2 saturated heterocycles. The number of fused-ring (bicyclic) bond motifs is 2. The monoisotopic (exact) mass is 366 g/mol. The summed E-state index contributed by atoms with van der Waals surface area (Å²) in [5.74, 6) is 0.715. The molecule has 0 saturated carbocycles. The van der Waals surface area contributed by atoms with Crippen molar-refractivity contribution in [3.63, 3.8) is 0 Å². The summed E-state index contributed by atoms with van der Waals surface area (Å²) in [5.41, 5.74) is -0.920. The van der Waals surface area contributed by atoms with Crippen LogP contribution >= 0.6 is 11.6 Å². The Kier molecular flexibility index (Phi) is 4.38. The molecule has 2 bridgehead atoms. The standard InChI is InChI=1S/C18H27ClN4O2/c1-16(2,3)25-15(24)23-17(4)8-9-18(23,5)11-12(10-17)20-14-7-6-13(19)21-22-14/h6-7,12H,8-11H2,1-5H3,(H,20,22)/t12?,17-,18+. The molecule has 3 heterocycles. The van der Waals surface area contributed by atoms with Gasteiger partial charge in [0.2, 0.25) is 0 Å². The fourth-order valence-corrected chi connectivity index (χ4v) is 4.49. The quantitative estimate of drug-likeness (QED) is 0.847. The molecule has 1 amide bonds. The molecule has 6 nitrogen and oxygen atoms in total. The van der Waals surface area contributed by atoms with E-state index in [0.717, 1.165) is 25.7 Å². The topological polar surface area (TPSA) is 67.3 Å². The molecule has 2 aliphatic heterocycles. The number of anilines is 1. The van der Waals surface area contributed by atoms with E-state index in [1.807, 2.05) is 31.7 Å².